The van der Waals surface area contributed by atoms with E-state index in [4.69, 9.17) is 5.11 Å². The van der Waals surface area contributed by atoms with Gasteiger partial charge in [0.1, 0.15) is 0 Å². The van der Waals surface area contributed by atoms with Crippen LogP contribution in [0.25, 0.3) is 0 Å². The molecule has 0 aromatic heterocycles. The molecule has 1 rings (SSSR count). The summed E-state index contributed by atoms with van der Waals surface area (Å²) in [6, 6.07) is 0. The number of aliphatic hydroxyl groups excluding tert-OH is 1. The molecule has 2 atom stereocenters. The average molecular weight is 196 g/mol. The second kappa shape index (κ2) is 3.70. The molecule has 0 saturated carbocycles. The Labute approximate surface area is 71.5 Å². The minimum absolute atomic E-state index is 0.0220. The van der Waals surface area contributed by atoms with E-state index in [1.165, 1.54) is 0 Å². The number of aliphatic hydroxyl groups is 1. The molecule has 0 aliphatic carbocycles. The van der Waals surface area contributed by atoms with Gasteiger partial charge < -0.3 is 5.11 Å². The number of hydrogen-bond donors (Lipinski definition) is 1. The fourth-order valence-corrected chi connectivity index (χ4v) is 3.91. The monoisotopic (exact) mass is 196 g/mol. The highest BCUT2D eigenvalue weighted by atomic mass is 32.2. The summed E-state index contributed by atoms with van der Waals surface area (Å²) < 4.78 is 34.0. The summed E-state index contributed by atoms with van der Waals surface area (Å²) in [6.07, 6.45) is 0.254. The van der Waals surface area contributed by atoms with Crippen LogP contribution in [0.2, 0.25) is 0 Å². The van der Waals surface area contributed by atoms with E-state index < -0.39 is 16.5 Å². The predicted molar refractivity (Wildman–Crippen MR) is 43.3 cm³/mol. The maximum atomic E-state index is 11.9. The molecular formula is C7H13FO3S. The zero-order chi connectivity index (χ0) is 9.19. The number of hydrogen-bond acceptors (Lipinski definition) is 3. The lowest BCUT2D eigenvalue weighted by molar-refractivity contribution is 0.196. The van der Waals surface area contributed by atoms with Crippen LogP contribution < -0.4 is 0 Å². The Kier molecular flexibility index (Phi) is 3.06. The van der Waals surface area contributed by atoms with Gasteiger partial charge in [0.25, 0.3) is 0 Å². The first kappa shape index (κ1) is 9.92. The van der Waals surface area contributed by atoms with Crippen LogP contribution in [0, 0.1) is 11.8 Å². The van der Waals surface area contributed by atoms with Crippen molar-refractivity contribution in [3.63, 3.8) is 0 Å². The van der Waals surface area contributed by atoms with Crippen molar-refractivity contribution in [3.05, 3.63) is 0 Å². The minimum Gasteiger partial charge on any atom is -0.396 e. The van der Waals surface area contributed by atoms with Gasteiger partial charge in [-0.25, -0.2) is 8.42 Å². The third kappa shape index (κ3) is 2.17. The van der Waals surface area contributed by atoms with E-state index in [0.717, 1.165) is 0 Å². The molecule has 0 aromatic rings. The Hall–Kier alpha value is -0.160. The molecule has 0 amide bonds. The summed E-state index contributed by atoms with van der Waals surface area (Å²) in [5.41, 5.74) is 0. The van der Waals surface area contributed by atoms with E-state index >= 15 is 0 Å². The molecule has 1 aliphatic heterocycles. The van der Waals surface area contributed by atoms with Gasteiger partial charge in [-0.3, -0.25) is 4.39 Å². The fraction of sp³-hybridized carbons (Fsp3) is 1.00. The average Bonchev–Trinajstić information content (AvgIpc) is 2.26. The third-order valence-corrected chi connectivity index (χ3v) is 4.19. The molecule has 1 saturated heterocycles. The Morgan fingerprint density at radius 2 is 1.92 bits per heavy atom. The van der Waals surface area contributed by atoms with Crippen LogP contribution in [0.5, 0.6) is 0 Å². The van der Waals surface area contributed by atoms with Crippen molar-refractivity contribution in [2.45, 2.75) is 6.42 Å². The van der Waals surface area contributed by atoms with E-state index in [0.29, 0.717) is 0 Å². The van der Waals surface area contributed by atoms with E-state index in [2.05, 4.69) is 0 Å². The zero-order valence-electron chi connectivity index (χ0n) is 6.74. The highest BCUT2D eigenvalue weighted by Gasteiger charge is 2.36. The van der Waals surface area contributed by atoms with Crippen LogP contribution in [0.3, 0.4) is 0 Å². The molecule has 12 heavy (non-hydrogen) atoms. The Morgan fingerprint density at radius 1 is 1.33 bits per heavy atom. The lowest BCUT2D eigenvalue weighted by atomic mass is 9.94. The van der Waals surface area contributed by atoms with Gasteiger partial charge in [0, 0.05) is 6.61 Å². The van der Waals surface area contributed by atoms with Crippen LogP contribution in [0.15, 0.2) is 0 Å². The molecule has 0 spiro atoms. The van der Waals surface area contributed by atoms with Gasteiger partial charge in [0.15, 0.2) is 9.84 Å². The van der Waals surface area contributed by atoms with Crippen molar-refractivity contribution in [2.24, 2.45) is 11.8 Å². The second-order valence-corrected chi connectivity index (χ2v) is 5.41. The van der Waals surface area contributed by atoms with E-state index in [1.54, 1.807) is 0 Å². The summed E-state index contributed by atoms with van der Waals surface area (Å²) in [6.45, 7) is -0.652. The molecule has 1 fully saturated rings. The molecule has 1 N–H and O–H groups in total. The normalized spacial score (nSPS) is 33.8. The maximum absolute atomic E-state index is 11.9. The SMILES string of the molecule is O=S1(=O)CC(CO)C(CCF)C1. The Bertz CT molecular complexity index is 237. The van der Waals surface area contributed by atoms with Gasteiger partial charge in [-0.2, -0.15) is 0 Å². The molecule has 72 valence electrons. The molecule has 0 radical (unpaired) electrons. The largest absolute Gasteiger partial charge is 0.396 e. The molecule has 1 aliphatic rings. The molecule has 0 bridgehead atoms. The van der Waals surface area contributed by atoms with E-state index in [1.807, 2.05) is 0 Å². The molecule has 3 nitrogen and oxygen atoms in total. The number of alkyl halides is 1. The third-order valence-electron chi connectivity index (χ3n) is 2.32. The van der Waals surface area contributed by atoms with Crippen LogP contribution in [-0.2, 0) is 9.84 Å². The molecule has 1 heterocycles. The smallest absolute Gasteiger partial charge is 0.150 e. The van der Waals surface area contributed by atoms with Gasteiger partial charge in [0.05, 0.1) is 18.2 Å². The van der Waals surface area contributed by atoms with Crippen molar-refractivity contribution >= 4 is 9.84 Å². The second-order valence-electron chi connectivity index (χ2n) is 3.26. The maximum Gasteiger partial charge on any atom is 0.150 e. The Morgan fingerprint density at radius 3 is 2.42 bits per heavy atom. The van der Waals surface area contributed by atoms with Crippen LogP contribution in [0.1, 0.15) is 6.42 Å². The lowest BCUT2D eigenvalue weighted by Gasteiger charge is -2.12. The van der Waals surface area contributed by atoms with Crippen molar-refractivity contribution in [2.75, 3.05) is 24.8 Å². The first-order valence-electron chi connectivity index (χ1n) is 3.96. The topological polar surface area (TPSA) is 54.4 Å². The fourth-order valence-electron chi connectivity index (χ4n) is 1.65. The summed E-state index contributed by atoms with van der Waals surface area (Å²) >= 11 is 0. The Balaban J connectivity index is 2.63. The summed E-state index contributed by atoms with van der Waals surface area (Å²) in [4.78, 5) is 0. The standard InChI is InChI=1S/C7H13FO3S/c8-2-1-6-4-12(10,11)5-7(6)3-9/h6-7,9H,1-5H2. The minimum atomic E-state index is -3.01. The first-order chi connectivity index (χ1) is 5.59. The van der Waals surface area contributed by atoms with E-state index in [-0.39, 0.29) is 36.4 Å². The van der Waals surface area contributed by atoms with Gasteiger partial charge in [-0.05, 0) is 18.3 Å². The van der Waals surface area contributed by atoms with Gasteiger partial charge in [-0.1, -0.05) is 0 Å². The summed E-state index contributed by atoms with van der Waals surface area (Å²) in [5.74, 6) is -0.355. The van der Waals surface area contributed by atoms with Gasteiger partial charge in [-0.15, -0.1) is 0 Å². The molecule has 0 aromatic carbocycles. The van der Waals surface area contributed by atoms with Crippen molar-refractivity contribution in [1.29, 1.82) is 0 Å². The highest BCUT2D eigenvalue weighted by Crippen LogP contribution is 2.27. The van der Waals surface area contributed by atoms with Crippen molar-refractivity contribution in [1.82, 2.24) is 0 Å². The molecule has 5 heteroatoms. The quantitative estimate of drug-likeness (QED) is 0.691. The summed E-state index contributed by atoms with van der Waals surface area (Å²) in [5, 5.41) is 8.81. The number of rotatable bonds is 3. The first-order valence-corrected chi connectivity index (χ1v) is 5.78. The lowest BCUT2D eigenvalue weighted by Crippen LogP contribution is -2.16. The predicted octanol–water partition coefficient (Wildman–Crippen LogP) is -0.000900. The van der Waals surface area contributed by atoms with Crippen LogP contribution in [0.4, 0.5) is 4.39 Å². The van der Waals surface area contributed by atoms with Crippen molar-refractivity contribution < 1.29 is 17.9 Å². The van der Waals surface area contributed by atoms with E-state index in [9.17, 15) is 12.8 Å². The highest BCUT2D eigenvalue weighted by molar-refractivity contribution is 7.91. The van der Waals surface area contributed by atoms with Crippen molar-refractivity contribution in [3.8, 4) is 0 Å². The molecular weight excluding hydrogens is 183 g/mol. The number of sulfone groups is 1. The van der Waals surface area contributed by atoms with Crippen LogP contribution in [-0.4, -0.2) is 38.3 Å². The molecule has 2 unspecified atom stereocenters. The van der Waals surface area contributed by atoms with Gasteiger partial charge in [0.2, 0.25) is 0 Å². The van der Waals surface area contributed by atoms with Gasteiger partial charge >= 0.3 is 0 Å². The zero-order valence-corrected chi connectivity index (χ0v) is 7.56. The number of halogens is 1. The summed E-state index contributed by atoms with van der Waals surface area (Å²) in [7, 11) is -3.01. The van der Waals surface area contributed by atoms with Crippen LogP contribution >= 0.6 is 0 Å².